The number of hydrogen-bond donors (Lipinski definition) is 0. The first kappa shape index (κ1) is 16.3. The molecule has 118 valence electrons. The number of pyridine rings is 1. The fourth-order valence-corrected chi connectivity index (χ4v) is 2.22. The fourth-order valence-electron chi connectivity index (χ4n) is 2.22. The molecule has 2 aromatic rings. The van der Waals surface area contributed by atoms with Gasteiger partial charge in [-0.15, -0.1) is 0 Å². The molecule has 1 aromatic heterocycles. The van der Waals surface area contributed by atoms with Crippen molar-refractivity contribution in [2.45, 2.75) is 26.4 Å². The summed E-state index contributed by atoms with van der Waals surface area (Å²) in [4.78, 5) is 6.66. The minimum atomic E-state index is 0.504. The summed E-state index contributed by atoms with van der Waals surface area (Å²) in [6.45, 7) is 5.25. The summed E-state index contributed by atoms with van der Waals surface area (Å²) in [5.74, 6) is 1.46. The van der Waals surface area contributed by atoms with Crippen molar-refractivity contribution >= 4 is 0 Å². The lowest BCUT2D eigenvalue weighted by Crippen LogP contribution is -2.25. The molecule has 0 aliphatic rings. The van der Waals surface area contributed by atoms with Gasteiger partial charge in [-0.25, -0.2) is 0 Å². The summed E-state index contributed by atoms with van der Waals surface area (Å²) in [6, 6.07) is 8.60. The van der Waals surface area contributed by atoms with E-state index in [1.165, 1.54) is 5.56 Å². The molecule has 0 unspecified atom stereocenters. The zero-order chi connectivity index (χ0) is 16.1. The van der Waals surface area contributed by atoms with Crippen LogP contribution in [0.15, 0.2) is 36.7 Å². The van der Waals surface area contributed by atoms with E-state index in [4.69, 9.17) is 9.47 Å². The molecule has 0 aliphatic heterocycles. The van der Waals surface area contributed by atoms with Gasteiger partial charge in [0, 0.05) is 30.5 Å². The molecule has 2 rings (SSSR count). The highest BCUT2D eigenvalue weighted by molar-refractivity contribution is 5.67. The molecular weight excluding hydrogens is 276 g/mol. The molecule has 22 heavy (non-hydrogen) atoms. The van der Waals surface area contributed by atoms with E-state index >= 15 is 0 Å². The van der Waals surface area contributed by atoms with Gasteiger partial charge in [0.25, 0.3) is 0 Å². The molecule has 0 saturated heterocycles. The van der Waals surface area contributed by atoms with Gasteiger partial charge in [-0.1, -0.05) is 6.07 Å². The zero-order valence-corrected chi connectivity index (χ0v) is 14.0. The maximum atomic E-state index is 5.37. The molecule has 0 bridgehead atoms. The first-order valence-electron chi connectivity index (χ1n) is 7.41. The predicted octanol–water partition coefficient (Wildman–Crippen LogP) is 3.61. The molecule has 4 heteroatoms. The van der Waals surface area contributed by atoms with Crippen LogP contribution in [-0.4, -0.2) is 37.2 Å². The molecule has 1 aromatic carbocycles. The number of rotatable bonds is 6. The highest BCUT2D eigenvalue weighted by Gasteiger charge is 2.09. The van der Waals surface area contributed by atoms with Gasteiger partial charge < -0.3 is 9.47 Å². The lowest BCUT2D eigenvalue weighted by Gasteiger charge is -2.21. The van der Waals surface area contributed by atoms with Gasteiger partial charge in [-0.05, 0) is 50.2 Å². The van der Waals surface area contributed by atoms with Gasteiger partial charge in [-0.3, -0.25) is 9.88 Å². The normalized spacial score (nSPS) is 11.0. The molecule has 0 atom stereocenters. The van der Waals surface area contributed by atoms with Crippen molar-refractivity contribution < 1.29 is 9.47 Å². The third-order valence-electron chi connectivity index (χ3n) is 3.83. The standard InChI is InChI=1S/C18H24N2O2/c1-13(2)20(3)12-14-8-16(11-19-10-14)15-6-7-17(21-4)18(9-15)22-5/h6-11,13H,12H2,1-5H3. The van der Waals surface area contributed by atoms with Crippen LogP contribution in [0.25, 0.3) is 11.1 Å². The molecule has 4 nitrogen and oxygen atoms in total. The Bertz CT molecular complexity index is 626. The van der Waals surface area contributed by atoms with Crippen molar-refractivity contribution in [1.82, 2.24) is 9.88 Å². The quantitative estimate of drug-likeness (QED) is 0.816. The monoisotopic (exact) mass is 300 g/mol. The Morgan fingerprint density at radius 3 is 2.36 bits per heavy atom. The second-order valence-corrected chi connectivity index (χ2v) is 5.66. The minimum Gasteiger partial charge on any atom is -0.493 e. The topological polar surface area (TPSA) is 34.6 Å². The first-order chi connectivity index (χ1) is 10.5. The van der Waals surface area contributed by atoms with E-state index in [9.17, 15) is 0 Å². The summed E-state index contributed by atoms with van der Waals surface area (Å²) >= 11 is 0. The molecule has 1 heterocycles. The second-order valence-electron chi connectivity index (χ2n) is 5.66. The van der Waals surface area contributed by atoms with Crippen molar-refractivity contribution in [2.24, 2.45) is 0 Å². The Hall–Kier alpha value is -2.07. The summed E-state index contributed by atoms with van der Waals surface area (Å²) < 4.78 is 10.7. The van der Waals surface area contributed by atoms with Gasteiger partial charge in [0.1, 0.15) is 0 Å². The number of aromatic nitrogens is 1. The van der Waals surface area contributed by atoms with Crippen LogP contribution in [0.2, 0.25) is 0 Å². The summed E-state index contributed by atoms with van der Waals surface area (Å²) in [5, 5.41) is 0. The molecule has 0 radical (unpaired) electrons. The highest BCUT2D eigenvalue weighted by Crippen LogP contribution is 2.32. The van der Waals surface area contributed by atoms with E-state index in [2.05, 4.69) is 36.8 Å². The number of hydrogen-bond acceptors (Lipinski definition) is 4. The van der Waals surface area contributed by atoms with Crippen LogP contribution in [0, 0.1) is 0 Å². The number of nitrogens with zero attached hydrogens (tertiary/aromatic N) is 2. The molecule has 0 amide bonds. The van der Waals surface area contributed by atoms with Crippen molar-refractivity contribution in [3.05, 3.63) is 42.2 Å². The van der Waals surface area contributed by atoms with Gasteiger partial charge >= 0.3 is 0 Å². The molecular formula is C18H24N2O2. The van der Waals surface area contributed by atoms with Gasteiger partial charge in [0.05, 0.1) is 14.2 Å². The third kappa shape index (κ3) is 3.77. The Balaban J connectivity index is 2.29. The van der Waals surface area contributed by atoms with Gasteiger partial charge in [-0.2, -0.15) is 0 Å². The lowest BCUT2D eigenvalue weighted by atomic mass is 10.0. The van der Waals surface area contributed by atoms with E-state index in [1.54, 1.807) is 14.2 Å². The zero-order valence-electron chi connectivity index (χ0n) is 14.0. The molecule has 0 N–H and O–H groups in total. The van der Waals surface area contributed by atoms with Crippen molar-refractivity contribution in [1.29, 1.82) is 0 Å². The van der Waals surface area contributed by atoms with E-state index in [-0.39, 0.29) is 0 Å². The lowest BCUT2D eigenvalue weighted by molar-refractivity contribution is 0.265. The van der Waals surface area contributed by atoms with E-state index in [0.29, 0.717) is 6.04 Å². The maximum Gasteiger partial charge on any atom is 0.161 e. The SMILES string of the molecule is COc1ccc(-c2cncc(CN(C)C(C)C)c2)cc1OC. The largest absolute Gasteiger partial charge is 0.493 e. The number of methoxy groups -OCH3 is 2. The van der Waals surface area contributed by atoms with Crippen molar-refractivity contribution in [2.75, 3.05) is 21.3 Å². The Labute approximate surface area is 132 Å². The molecule has 0 fully saturated rings. The Morgan fingerprint density at radius 2 is 1.73 bits per heavy atom. The minimum absolute atomic E-state index is 0.504. The predicted molar refractivity (Wildman–Crippen MR) is 89.4 cm³/mol. The van der Waals surface area contributed by atoms with Gasteiger partial charge in [0.2, 0.25) is 0 Å². The number of ether oxygens (including phenoxy) is 2. The fraction of sp³-hybridized carbons (Fsp3) is 0.389. The molecule has 0 spiro atoms. The first-order valence-corrected chi connectivity index (χ1v) is 7.41. The summed E-state index contributed by atoms with van der Waals surface area (Å²) in [7, 11) is 5.41. The average Bonchev–Trinajstić information content (AvgIpc) is 2.54. The molecule has 0 saturated carbocycles. The molecule has 0 aliphatic carbocycles. The average molecular weight is 300 g/mol. The van der Waals surface area contributed by atoms with E-state index < -0.39 is 0 Å². The van der Waals surface area contributed by atoms with E-state index in [0.717, 1.165) is 29.2 Å². The second kappa shape index (κ2) is 7.27. The summed E-state index contributed by atoms with van der Waals surface area (Å²) in [5.41, 5.74) is 3.35. The van der Waals surface area contributed by atoms with Crippen LogP contribution in [-0.2, 0) is 6.54 Å². The number of benzene rings is 1. The van der Waals surface area contributed by atoms with Crippen LogP contribution >= 0.6 is 0 Å². The Kier molecular flexibility index (Phi) is 5.39. The Morgan fingerprint density at radius 1 is 1.00 bits per heavy atom. The third-order valence-corrected chi connectivity index (χ3v) is 3.83. The van der Waals surface area contributed by atoms with Crippen LogP contribution in [0.4, 0.5) is 0 Å². The van der Waals surface area contributed by atoms with Crippen LogP contribution < -0.4 is 9.47 Å². The van der Waals surface area contributed by atoms with Crippen LogP contribution in [0.1, 0.15) is 19.4 Å². The van der Waals surface area contributed by atoms with Crippen molar-refractivity contribution in [3.63, 3.8) is 0 Å². The highest BCUT2D eigenvalue weighted by atomic mass is 16.5. The smallest absolute Gasteiger partial charge is 0.161 e. The van der Waals surface area contributed by atoms with Crippen molar-refractivity contribution in [3.8, 4) is 22.6 Å². The van der Waals surface area contributed by atoms with Gasteiger partial charge in [0.15, 0.2) is 11.5 Å². The van der Waals surface area contributed by atoms with E-state index in [1.807, 2.05) is 30.6 Å². The van der Waals surface area contributed by atoms with Crippen LogP contribution in [0.5, 0.6) is 11.5 Å². The maximum absolute atomic E-state index is 5.37. The van der Waals surface area contributed by atoms with Crippen LogP contribution in [0.3, 0.4) is 0 Å². The summed E-state index contributed by atoms with van der Waals surface area (Å²) in [6.07, 6.45) is 3.79.